The molecule has 2 fully saturated rings. The Balaban J connectivity index is 1.56. The van der Waals surface area contributed by atoms with E-state index in [-0.39, 0.29) is 11.8 Å². The molecule has 0 bridgehead atoms. The van der Waals surface area contributed by atoms with Gasteiger partial charge in [0.25, 0.3) is 5.56 Å². The van der Waals surface area contributed by atoms with Crippen molar-refractivity contribution in [1.82, 2.24) is 14.0 Å². The van der Waals surface area contributed by atoms with E-state index < -0.39 is 0 Å². The van der Waals surface area contributed by atoms with Gasteiger partial charge in [0.1, 0.15) is 5.75 Å². The molecule has 2 aromatic carbocycles. The first-order valence-corrected chi connectivity index (χ1v) is 13.9. The summed E-state index contributed by atoms with van der Waals surface area (Å²) in [5.41, 5.74) is 3.83. The summed E-state index contributed by atoms with van der Waals surface area (Å²) in [6.45, 7) is 1.79. The second-order valence-electron chi connectivity index (χ2n) is 10.2. The molecule has 37 heavy (non-hydrogen) atoms. The third kappa shape index (κ3) is 4.02. The predicted molar refractivity (Wildman–Crippen MR) is 149 cm³/mol. The van der Waals surface area contributed by atoms with Gasteiger partial charge in [-0.3, -0.25) is 9.20 Å². The van der Waals surface area contributed by atoms with E-state index in [1.807, 2.05) is 18.2 Å². The molecule has 8 nitrogen and oxygen atoms in total. The van der Waals surface area contributed by atoms with Crippen molar-refractivity contribution in [3.63, 3.8) is 0 Å². The maximum absolute atomic E-state index is 13.2. The lowest BCUT2D eigenvalue weighted by Crippen LogP contribution is -2.39. The summed E-state index contributed by atoms with van der Waals surface area (Å²) in [4.78, 5) is 20.3. The van der Waals surface area contributed by atoms with Crippen LogP contribution in [0.1, 0.15) is 44.6 Å². The second-order valence-corrected chi connectivity index (χ2v) is 11.0. The molecule has 0 unspecified atom stereocenters. The number of nitrogens with zero attached hydrogens (tertiary/aromatic N) is 4. The number of aromatic nitrogens is 3. The molecule has 0 radical (unpaired) electrons. The number of imidazole rings is 1. The quantitative estimate of drug-likeness (QED) is 0.285. The van der Waals surface area contributed by atoms with Crippen LogP contribution < -0.4 is 15.2 Å². The molecule has 0 spiro atoms. The van der Waals surface area contributed by atoms with Gasteiger partial charge in [-0.25, -0.2) is 0 Å². The van der Waals surface area contributed by atoms with Gasteiger partial charge in [0, 0.05) is 49.8 Å². The van der Waals surface area contributed by atoms with Crippen LogP contribution in [0.2, 0.25) is 0 Å². The summed E-state index contributed by atoms with van der Waals surface area (Å²) < 4.78 is 22.2. The standard InChI is InChI=1S/C28H33BrN4O4/c1-35-24-16-22-21(15-23(24)31-13-11-17(12-14-31)27(36-2)37-3)32(18-7-4-5-8-18)28-30-26(34)25-19(29)9-6-10-20(25)33(22)28/h6,9-10,15-18,27H,4-5,7-8,11-14H2,1-3H3. The van der Waals surface area contributed by atoms with E-state index in [2.05, 4.69) is 46.9 Å². The lowest BCUT2D eigenvalue weighted by atomic mass is 9.95. The summed E-state index contributed by atoms with van der Waals surface area (Å²) in [6.07, 6.45) is 6.35. The van der Waals surface area contributed by atoms with E-state index >= 15 is 0 Å². The van der Waals surface area contributed by atoms with Gasteiger partial charge in [-0.15, -0.1) is 0 Å². The summed E-state index contributed by atoms with van der Waals surface area (Å²) in [5, 5.41) is 0.599. The van der Waals surface area contributed by atoms with Crippen LogP contribution in [0.3, 0.4) is 0 Å². The van der Waals surface area contributed by atoms with Crippen LogP contribution in [0.15, 0.2) is 39.6 Å². The van der Waals surface area contributed by atoms with Gasteiger partial charge < -0.3 is 23.7 Å². The molecular weight excluding hydrogens is 536 g/mol. The molecule has 0 amide bonds. The summed E-state index contributed by atoms with van der Waals surface area (Å²) in [6, 6.07) is 10.6. The minimum atomic E-state index is -0.204. The fraction of sp³-hybridized carbons (Fsp3) is 0.500. The molecule has 196 valence electrons. The highest BCUT2D eigenvalue weighted by Gasteiger charge is 2.30. The fourth-order valence-corrected chi connectivity index (χ4v) is 6.99. The number of hydrogen-bond donors (Lipinski definition) is 0. The number of ether oxygens (including phenoxy) is 3. The first-order chi connectivity index (χ1) is 18.0. The number of rotatable bonds is 6. The van der Waals surface area contributed by atoms with Crippen molar-refractivity contribution in [2.24, 2.45) is 5.92 Å². The SMILES string of the molecule is COc1cc2c(cc1N1CCC(C(OC)OC)CC1)n(C1CCCC1)c1nc(=O)c3c(Br)cccc3n21. The van der Waals surface area contributed by atoms with Gasteiger partial charge in [0.05, 0.1) is 34.7 Å². The molecule has 2 aliphatic rings. The van der Waals surface area contributed by atoms with E-state index in [4.69, 9.17) is 14.2 Å². The van der Waals surface area contributed by atoms with Gasteiger partial charge in [-0.1, -0.05) is 18.9 Å². The van der Waals surface area contributed by atoms with E-state index in [9.17, 15) is 4.79 Å². The van der Waals surface area contributed by atoms with Gasteiger partial charge >= 0.3 is 0 Å². The largest absolute Gasteiger partial charge is 0.495 e. The lowest BCUT2D eigenvalue weighted by Gasteiger charge is -2.36. The van der Waals surface area contributed by atoms with Crippen molar-refractivity contribution in [1.29, 1.82) is 0 Å². The van der Waals surface area contributed by atoms with Gasteiger partial charge in [0.15, 0.2) is 6.29 Å². The number of benzene rings is 2. The Morgan fingerprint density at radius 3 is 2.38 bits per heavy atom. The Hall–Kier alpha value is -2.62. The Labute approximate surface area is 224 Å². The topological polar surface area (TPSA) is 70.2 Å². The minimum Gasteiger partial charge on any atom is -0.495 e. The van der Waals surface area contributed by atoms with Crippen LogP contribution >= 0.6 is 15.9 Å². The maximum Gasteiger partial charge on any atom is 0.283 e. The van der Waals surface area contributed by atoms with Crippen LogP contribution in [-0.4, -0.2) is 54.7 Å². The summed E-state index contributed by atoms with van der Waals surface area (Å²) in [7, 11) is 5.15. The molecule has 1 saturated heterocycles. The first-order valence-electron chi connectivity index (χ1n) is 13.1. The normalized spacial score (nSPS) is 17.7. The molecule has 3 heterocycles. The van der Waals surface area contributed by atoms with Crippen molar-refractivity contribution >= 4 is 49.3 Å². The van der Waals surface area contributed by atoms with Crippen molar-refractivity contribution in [2.45, 2.75) is 50.9 Å². The number of methoxy groups -OCH3 is 3. The molecule has 9 heteroatoms. The van der Waals surface area contributed by atoms with Crippen LogP contribution in [0.25, 0.3) is 27.7 Å². The van der Waals surface area contributed by atoms with Crippen molar-refractivity contribution < 1.29 is 14.2 Å². The molecule has 1 aliphatic carbocycles. The van der Waals surface area contributed by atoms with E-state index in [1.54, 1.807) is 21.3 Å². The molecule has 1 saturated carbocycles. The van der Waals surface area contributed by atoms with Crippen molar-refractivity contribution in [2.75, 3.05) is 39.3 Å². The molecule has 0 N–H and O–H groups in total. The number of halogens is 1. The van der Waals surface area contributed by atoms with Crippen LogP contribution in [0, 0.1) is 5.92 Å². The zero-order valence-corrected chi connectivity index (χ0v) is 23.2. The predicted octanol–water partition coefficient (Wildman–Crippen LogP) is 5.52. The molecule has 4 aromatic rings. The number of piperidine rings is 1. The third-order valence-corrected chi connectivity index (χ3v) is 8.92. The Morgan fingerprint density at radius 1 is 0.973 bits per heavy atom. The van der Waals surface area contributed by atoms with Gasteiger partial charge in [0.2, 0.25) is 5.78 Å². The average molecular weight is 570 g/mol. The molecule has 2 aromatic heterocycles. The highest BCUT2D eigenvalue weighted by molar-refractivity contribution is 9.10. The van der Waals surface area contributed by atoms with E-state index in [0.717, 1.165) is 71.2 Å². The Morgan fingerprint density at radius 2 is 1.70 bits per heavy atom. The molecule has 6 rings (SSSR count). The van der Waals surface area contributed by atoms with E-state index in [1.165, 1.54) is 12.8 Å². The summed E-state index contributed by atoms with van der Waals surface area (Å²) in [5.74, 6) is 1.90. The molecule has 1 aliphatic heterocycles. The van der Waals surface area contributed by atoms with Crippen LogP contribution in [0.5, 0.6) is 5.75 Å². The zero-order valence-electron chi connectivity index (χ0n) is 21.6. The van der Waals surface area contributed by atoms with Crippen LogP contribution in [-0.2, 0) is 9.47 Å². The second kappa shape index (κ2) is 9.93. The monoisotopic (exact) mass is 568 g/mol. The highest BCUT2D eigenvalue weighted by atomic mass is 79.9. The zero-order chi connectivity index (χ0) is 25.7. The number of fused-ring (bicyclic) bond motifs is 5. The van der Waals surface area contributed by atoms with Gasteiger partial charge in [-0.05, 0) is 59.8 Å². The highest BCUT2D eigenvalue weighted by Crippen LogP contribution is 2.41. The molecular formula is C28H33BrN4O4. The van der Waals surface area contributed by atoms with E-state index in [0.29, 0.717) is 23.1 Å². The minimum absolute atomic E-state index is 0.173. The smallest absolute Gasteiger partial charge is 0.283 e. The van der Waals surface area contributed by atoms with Crippen LogP contribution in [0.4, 0.5) is 5.69 Å². The van der Waals surface area contributed by atoms with Crippen molar-refractivity contribution in [3.05, 3.63) is 45.2 Å². The third-order valence-electron chi connectivity index (χ3n) is 8.26. The summed E-state index contributed by atoms with van der Waals surface area (Å²) >= 11 is 3.58. The van der Waals surface area contributed by atoms with Gasteiger partial charge in [-0.2, -0.15) is 4.98 Å². The Bertz CT molecular complexity index is 1510. The average Bonchev–Trinajstić information content (AvgIpc) is 3.54. The molecule has 0 atom stereocenters. The van der Waals surface area contributed by atoms with Crippen molar-refractivity contribution in [3.8, 4) is 5.75 Å². The number of hydrogen-bond acceptors (Lipinski definition) is 6. The Kier molecular flexibility index (Phi) is 6.63. The fourth-order valence-electron chi connectivity index (χ4n) is 6.47. The lowest BCUT2D eigenvalue weighted by molar-refractivity contribution is -0.141. The maximum atomic E-state index is 13.2. The first kappa shape index (κ1) is 24.7. The number of anilines is 1.